The second-order valence-electron chi connectivity index (χ2n) is 5.55. The van der Waals surface area contributed by atoms with E-state index in [1.807, 2.05) is 67.6 Å². The standard InChI is InChI=1S/C20H18N2OS/c1-2-24-20-16(13-21)17(14-9-5-3-6-10-14)18(19(23)22-20)15-11-7-4-8-12-15/h3-12,17-18H,2H2,1H3,(H,22,23)/t17-,18+/m1/s1. The third-order valence-electron chi connectivity index (χ3n) is 4.13. The summed E-state index contributed by atoms with van der Waals surface area (Å²) in [6.45, 7) is 2.01. The molecule has 2 atom stereocenters. The SMILES string of the molecule is CCSC1=C(C#N)[C@@H](c2ccccc2)[C@H](c2ccccc2)C(=O)N1. The van der Waals surface area contributed by atoms with E-state index in [-0.39, 0.29) is 11.8 Å². The number of carbonyl (C=O) groups excluding carboxylic acids is 1. The van der Waals surface area contributed by atoms with E-state index in [1.54, 1.807) is 0 Å². The molecule has 0 aliphatic carbocycles. The number of allylic oxidation sites excluding steroid dienone is 1. The van der Waals surface area contributed by atoms with Gasteiger partial charge < -0.3 is 5.32 Å². The van der Waals surface area contributed by atoms with Crippen LogP contribution in [0.2, 0.25) is 0 Å². The monoisotopic (exact) mass is 334 g/mol. The molecule has 3 rings (SSSR count). The molecule has 1 aliphatic rings. The van der Waals surface area contributed by atoms with Crippen molar-refractivity contribution in [2.45, 2.75) is 18.8 Å². The van der Waals surface area contributed by atoms with Gasteiger partial charge >= 0.3 is 0 Å². The van der Waals surface area contributed by atoms with Gasteiger partial charge in [0.05, 0.1) is 22.6 Å². The van der Waals surface area contributed by atoms with Crippen LogP contribution in [0.5, 0.6) is 0 Å². The predicted octanol–water partition coefficient (Wildman–Crippen LogP) is 4.17. The summed E-state index contributed by atoms with van der Waals surface area (Å²) < 4.78 is 0. The lowest BCUT2D eigenvalue weighted by atomic mass is 9.75. The maximum absolute atomic E-state index is 12.9. The Hall–Kier alpha value is -2.51. The van der Waals surface area contributed by atoms with E-state index >= 15 is 0 Å². The van der Waals surface area contributed by atoms with Gasteiger partial charge in [-0.1, -0.05) is 67.6 Å². The van der Waals surface area contributed by atoms with Crippen molar-refractivity contribution in [1.29, 1.82) is 5.26 Å². The zero-order chi connectivity index (χ0) is 16.9. The summed E-state index contributed by atoms with van der Waals surface area (Å²) in [5.41, 5.74) is 2.56. The lowest BCUT2D eigenvalue weighted by molar-refractivity contribution is -0.122. The Bertz CT molecular complexity index is 793. The van der Waals surface area contributed by atoms with E-state index in [1.165, 1.54) is 11.8 Å². The van der Waals surface area contributed by atoms with Crippen molar-refractivity contribution >= 4 is 17.7 Å². The number of carbonyl (C=O) groups is 1. The van der Waals surface area contributed by atoms with E-state index in [9.17, 15) is 10.1 Å². The quantitative estimate of drug-likeness (QED) is 0.913. The summed E-state index contributed by atoms with van der Waals surface area (Å²) >= 11 is 1.51. The number of nitriles is 1. The second-order valence-corrected chi connectivity index (χ2v) is 6.83. The maximum atomic E-state index is 12.9. The van der Waals surface area contributed by atoms with E-state index in [0.29, 0.717) is 10.6 Å². The van der Waals surface area contributed by atoms with Gasteiger partial charge in [-0.05, 0) is 16.9 Å². The Labute approximate surface area is 146 Å². The van der Waals surface area contributed by atoms with Crippen molar-refractivity contribution in [3.8, 4) is 6.07 Å². The van der Waals surface area contributed by atoms with Gasteiger partial charge in [-0.15, -0.1) is 11.8 Å². The molecule has 24 heavy (non-hydrogen) atoms. The van der Waals surface area contributed by atoms with Crippen molar-refractivity contribution in [2.24, 2.45) is 0 Å². The number of hydrogen-bond donors (Lipinski definition) is 1. The molecular formula is C20H18N2OS. The fourth-order valence-electron chi connectivity index (χ4n) is 3.12. The normalized spacial score (nSPS) is 20.4. The summed E-state index contributed by atoms with van der Waals surface area (Å²) in [7, 11) is 0. The molecule has 0 spiro atoms. The highest BCUT2D eigenvalue weighted by Gasteiger charge is 2.39. The molecule has 2 aromatic carbocycles. The van der Waals surface area contributed by atoms with Crippen LogP contribution in [-0.2, 0) is 4.79 Å². The van der Waals surface area contributed by atoms with Gasteiger partial charge in [-0.3, -0.25) is 4.79 Å². The van der Waals surface area contributed by atoms with Crippen LogP contribution in [0.4, 0.5) is 0 Å². The summed E-state index contributed by atoms with van der Waals surface area (Å²) in [5, 5.41) is 13.4. The first-order chi connectivity index (χ1) is 11.8. The molecule has 0 saturated heterocycles. The number of thioether (sulfide) groups is 1. The molecule has 1 N–H and O–H groups in total. The van der Waals surface area contributed by atoms with Crippen LogP contribution >= 0.6 is 11.8 Å². The summed E-state index contributed by atoms with van der Waals surface area (Å²) in [6, 6.07) is 21.9. The minimum Gasteiger partial charge on any atom is -0.319 e. The highest BCUT2D eigenvalue weighted by molar-refractivity contribution is 8.03. The highest BCUT2D eigenvalue weighted by atomic mass is 32.2. The Morgan fingerprint density at radius 1 is 1.00 bits per heavy atom. The highest BCUT2D eigenvalue weighted by Crippen LogP contribution is 2.44. The summed E-state index contributed by atoms with van der Waals surface area (Å²) in [5.74, 6) is 0.0917. The third-order valence-corrected chi connectivity index (χ3v) is 5.03. The van der Waals surface area contributed by atoms with Crippen molar-refractivity contribution in [1.82, 2.24) is 5.32 Å². The van der Waals surface area contributed by atoms with Crippen molar-refractivity contribution < 1.29 is 4.79 Å². The lowest BCUT2D eigenvalue weighted by Crippen LogP contribution is -2.38. The van der Waals surface area contributed by atoms with E-state index in [4.69, 9.17) is 0 Å². The summed E-state index contributed by atoms with van der Waals surface area (Å²) in [4.78, 5) is 12.9. The number of rotatable bonds is 4. The van der Waals surface area contributed by atoms with Crippen molar-refractivity contribution in [3.05, 3.63) is 82.4 Å². The van der Waals surface area contributed by atoms with Gasteiger partial charge in [0.25, 0.3) is 0 Å². The molecule has 0 saturated carbocycles. The summed E-state index contributed by atoms with van der Waals surface area (Å²) in [6.07, 6.45) is 0. The van der Waals surface area contributed by atoms with Gasteiger partial charge in [0.2, 0.25) is 5.91 Å². The molecule has 3 nitrogen and oxygen atoms in total. The molecule has 0 aromatic heterocycles. The molecule has 0 fully saturated rings. The third kappa shape index (κ3) is 3.08. The molecule has 1 heterocycles. The lowest BCUT2D eigenvalue weighted by Gasteiger charge is -2.32. The number of hydrogen-bond acceptors (Lipinski definition) is 3. The van der Waals surface area contributed by atoms with Crippen LogP contribution in [0.1, 0.15) is 29.9 Å². The average Bonchev–Trinajstić information content (AvgIpc) is 2.63. The van der Waals surface area contributed by atoms with Crippen LogP contribution < -0.4 is 5.32 Å². The zero-order valence-electron chi connectivity index (χ0n) is 13.4. The van der Waals surface area contributed by atoms with Crippen LogP contribution in [0.25, 0.3) is 0 Å². The molecule has 2 aromatic rings. The fourth-order valence-corrected chi connectivity index (χ4v) is 3.91. The van der Waals surface area contributed by atoms with Gasteiger partial charge in [0.1, 0.15) is 0 Å². The fraction of sp³-hybridized carbons (Fsp3) is 0.200. The molecule has 0 radical (unpaired) electrons. The molecule has 0 bridgehead atoms. The van der Waals surface area contributed by atoms with E-state index in [0.717, 1.165) is 16.9 Å². The zero-order valence-corrected chi connectivity index (χ0v) is 14.2. The van der Waals surface area contributed by atoms with Gasteiger partial charge in [0.15, 0.2) is 0 Å². The Balaban J connectivity index is 2.18. The van der Waals surface area contributed by atoms with Crippen LogP contribution in [0.15, 0.2) is 71.3 Å². The number of nitrogens with zero attached hydrogens (tertiary/aromatic N) is 1. The molecule has 0 unspecified atom stereocenters. The molecule has 4 heteroatoms. The Kier molecular flexibility index (Phi) is 5.02. The predicted molar refractivity (Wildman–Crippen MR) is 97.3 cm³/mol. The first-order valence-corrected chi connectivity index (χ1v) is 8.92. The molecular weight excluding hydrogens is 316 g/mol. The topological polar surface area (TPSA) is 52.9 Å². The number of benzene rings is 2. The minimum atomic E-state index is -0.399. The van der Waals surface area contributed by atoms with Crippen LogP contribution in [0.3, 0.4) is 0 Å². The number of amides is 1. The van der Waals surface area contributed by atoms with Crippen molar-refractivity contribution in [2.75, 3.05) is 5.75 Å². The van der Waals surface area contributed by atoms with Gasteiger partial charge in [-0.25, -0.2) is 0 Å². The Morgan fingerprint density at radius 3 is 2.04 bits per heavy atom. The smallest absolute Gasteiger partial charge is 0.233 e. The van der Waals surface area contributed by atoms with Crippen LogP contribution in [0, 0.1) is 11.3 Å². The first-order valence-electron chi connectivity index (χ1n) is 7.94. The Morgan fingerprint density at radius 2 is 1.54 bits per heavy atom. The van der Waals surface area contributed by atoms with E-state index < -0.39 is 5.92 Å². The molecule has 120 valence electrons. The average molecular weight is 334 g/mol. The largest absolute Gasteiger partial charge is 0.319 e. The van der Waals surface area contributed by atoms with Gasteiger partial charge in [0, 0.05) is 5.92 Å². The molecule has 1 aliphatic heterocycles. The van der Waals surface area contributed by atoms with E-state index in [2.05, 4.69) is 11.4 Å². The number of nitrogens with one attached hydrogen (secondary N) is 1. The maximum Gasteiger partial charge on any atom is 0.233 e. The van der Waals surface area contributed by atoms with Crippen molar-refractivity contribution in [3.63, 3.8) is 0 Å². The second kappa shape index (κ2) is 7.37. The van der Waals surface area contributed by atoms with Crippen LogP contribution in [-0.4, -0.2) is 11.7 Å². The van der Waals surface area contributed by atoms with Gasteiger partial charge in [-0.2, -0.15) is 5.26 Å². The first kappa shape index (κ1) is 16.4. The minimum absolute atomic E-state index is 0.0509. The molecule has 1 amide bonds.